The minimum atomic E-state index is -1.37. The number of thiazole rings is 1. The molecule has 1 amide bonds. The second-order valence-electron chi connectivity index (χ2n) is 4.96. The van der Waals surface area contributed by atoms with Crippen LogP contribution in [0.5, 0.6) is 0 Å². The van der Waals surface area contributed by atoms with Crippen LogP contribution in [0.2, 0.25) is 0 Å². The molecule has 0 fully saturated rings. The first-order chi connectivity index (χ1) is 11.5. The highest BCUT2D eigenvalue weighted by molar-refractivity contribution is 7.19. The third-order valence-corrected chi connectivity index (χ3v) is 4.36. The van der Waals surface area contributed by atoms with Crippen molar-refractivity contribution in [2.75, 3.05) is 0 Å². The zero-order valence-corrected chi connectivity index (χ0v) is 13.3. The topological polar surface area (TPSA) is 114 Å². The molecule has 0 aliphatic carbocycles. The predicted molar refractivity (Wildman–Crippen MR) is 86.4 cm³/mol. The van der Waals surface area contributed by atoms with Crippen LogP contribution in [0.3, 0.4) is 0 Å². The van der Waals surface area contributed by atoms with Crippen LogP contribution in [0.1, 0.15) is 31.4 Å². The average molecular weight is 344 g/mol. The van der Waals surface area contributed by atoms with Crippen molar-refractivity contribution < 1.29 is 14.7 Å². The van der Waals surface area contributed by atoms with Gasteiger partial charge in [0, 0.05) is 6.54 Å². The van der Waals surface area contributed by atoms with E-state index in [9.17, 15) is 19.5 Å². The number of fused-ring (bicyclic) bond motifs is 1. The number of amides is 1. The van der Waals surface area contributed by atoms with Crippen molar-refractivity contribution in [2.45, 2.75) is 13.5 Å². The lowest BCUT2D eigenvalue weighted by molar-refractivity contribution is 0.0683. The number of hydrogen-bond acceptors (Lipinski definition) is 6. The van der Waals surface area contributed by atoms with Crippen molar-refractivity contribution in [2.24, 2.45) is 0 Å². The van der Waals surface area contributed by atoms with Gasteiger partial charge < -0.3 is 10.4 Å². The molecule has 2 aromatic heterocycles. The molecule has 0 bridgehead atoms. The van der Waals surface area contributed by atoms with Gasteiger partial charge in [0.15, 0.2) is 5.69 Å². The summed E-state index contributed by atoms with van der Waals surface area (Å²) in [7, 11) is 0. The molecule has 2 N–H and O–H groups in total. The predicted octanol–water partition coefficient (Wildman–Crippen LogP) is 1.09. The van der Waals surface area contributed by atoms with Crippen LogP contribution in [0.4, 0.5) is 0 Å². The summed E-state index contributed by atoms with van der Waals surface area (Å²) in [6.45, 7) is 1.67. The van der Waals surface area contributed by atoms with Crippen molar-refractivity contribution in [3.8, 4) is 0 Å². The zero-order chi connectivity index (χ0) is 17.3. The van der Waals surface area contributed by atoms with Crippen molar-refractivity contribution in [1.29, 1.82) is 0 Å². The molecule has 9 heteroatoms. The fraction of sp³-hybridized carbons (Fsp3) is 0.133. The van der Waals surface area contributed by atoms with E-state index in [0.717, 1.165) is 21.3 Å². The molecular formula is C15H12N4O4S. The van der Waals surface area contributed by atoms with Crippen LogP contribution < -0.4 is 10.9 Å². The summed E-state index contributed by atoms with van der Waals surface area (Å²) in [5.41, 5.74) is -0.0694. The number of aromatic nitrogens is 3. The van der Waals surface area contributed by atoms with E-state index in [2.05, 4.69) is 15.5 Å². The standard InChI is InChI=1S/C15H12N4O4S/c1-8-13(21)19-10(14(22)23)11(24-15(19)18-17-8)12(20)16-7-9-5-3-2-4-6-9/h2-6H,7H2,1H3,(H,16,20)(H,22,23). The summed E-state index contributed by atoms with van der Waals surface area (Å²) < 4.78 is 0.909. The summed E-state index contributed by atoms with van der Waals surface area (Å²) in [5.74, 6) is -1.95. The van der Waals surface area contributed by atoms with Gasteiger partial charge in [-0.25, -0.2) is 9.20 Å². The normalized spacial score (nSPS) is 10.7. The molecule has 1 aromatic carbocycles. The Balaban J connectivity index is 2.01. The molecule has 0 saturated carbocycles. The molecule has 0 radical (unpaired) electrons. The third kappa shape index (κ3) is 2.76. The van der Waals surface area contributed by atoms with Crippen LogP contribution in [-0.2, 0) is 6.54 Å². The first-order valence-corrected chi connectivity index (χ1v) is 7.75. The van der Waals surface area contributed by atoms with E-state index in [1.54, 1.807) is 0 Å². The summed E-state index contributed by atoms with van der Waals surface area (Å²) >= 11 is 0.815. The van der Waals surface area contributed by atoms with E-state index in [1.807, 2.05) is 30.3 Å². The van der Waals surface area contributed by atoms with Gasteiger partial charge in [-0.05, 0) is 12.5 Å². The van der Waals surface area contributed by atoms with E-state index >= 15 is 0 Å². The Morgan fingerprint density at radius 2 is 1.96 bits per heavy atom. The minimum Gasteiger partial charge on any atom is -0.477 e. The van der Waals surface area contributed by atoms with Gasteiger partial charge >= 0.3 is 5.97 Å². The first-order valence-electron chi connectivity index (χ1n) is 6.93. The first kappa shape index (κ1) is 15.8. The van der Waals surface area contributed by atoms with E-state index < -0.39 is 23.1 Å². The number of hydrogen-bond donors (Lipinski definition) is 2. The largest absolute Gasteiger partial charge is 0.477 e. The third-order valence-electron chi connectivity index (χ3n) is 3.33. The molecule has 122 valence electrons. The maximum atomic E-state index is 12.4. The van der Waals surface area contributed by atoms with Gasteiger partial charge in [0.05, 0.1) is 0 Å². The highest BCUT2D eigenvalue weighted by Crippen LogP contribution is 2.20. The zero-order valence-electron chi connectivity index (χ0n) is 12.5. The van der Waals surface area contributed by atoms with Gasteiger partial charge in [-0.3, -0.25) is 9.59 Å². The Hall–Kier alpha value is -3.07. The van der Waals surface area contributed by atoms with E-state index in [1.165, 1.54) is 6.92 Å². The number of aryl methyl sites for hydroxylation is 1. The van der Waals surface area contributed by atoms with Crippen LogP contribution >= 0.6 is 11.3 Å². The maximum Gasteiger partial charge on any atom is 0.354 e. The minimum absolute atomic E-state index is 0.0593. The van der Waals surface area contributed by atoms with E-state index in [0.29, 0.717) is 0 Å². The van der Waals surface area contributed by atoms with Crippen LogP contribution in [0.25, 0.3) is 4.96 Å². The molecule has 0 atom stereocenters. The molecule has 0 aliphatic heterocycles. The van der Waals surface area contributed by atoms with E-state index in [4.69, 9.17) is 0 Å². The number of nitrogens with one attached hydrogen (secondary N) is 1. The molecule has 8 nitrogen and oxygen atoms in total. The number of aromatic carboxylic acids is 1. The molecule has 0 unspecified atom stereocenters. The van der Waals surface area contributed by atoms with Crippen LogP contribution in [-0.4, -0.2) is 31.6 Å². The van der Waals surface area contributed by atoms with Crippen LogP contribution in [0, 0.1) is 6.92 Å². The number of carbonyl (C=O) groups excluding carboxylic acids is 1. The number of benzene rings is 1. The van der Waals surface area contributed by atoms with Gasteiger partial charge in [0.25, 0.3) is 11.5 Å². The Morgan fingerprint density at radius 3 is 2.62 bits per heavy atom. The fourth-order valence-corrected chi connectivity index (χ4v) is 3.13. The monoisotopic (exact) mass is 344 g/mol. The fourth-order valence-electron chi connectivity index (χ4n) is 2.16. The van der Waals surface area contributed by atoms with E-state index in [-0.39, 0.29) is 22.1 Å². The lowest BCUT2D eigenvalue weighted by atomic mass is 10.2. The number of carboxylic acid groups (broad SMARTS) is 1. The lowest BCUT2D eigenvalue weighted by Gasteiger charge is -2.04. The molecule has 24 heavy (non-hydrogen) atoms. The highest BCUT2D eigenvalue weighted by atomic mass is 32.1. The molecule has 0 saturated heterocycles. The molecule has 0 spiro atoms. The van der Waals surface area contributed by atoms with Crippen LogP contribution in [0.15, 0.2) is 35.1 Å². The highest BCUT2D eigenvalue weighted by Gasteiger charge is 2.26. The summed E-state index contributed by atoms with van der Waals surface area (Å²) in [6, 6.07) is 9.20. The Bertz CT molecular complexity index is 994. The van der Waals surface area contributed by atoms with Gasteiger partial charge in [0.2, 0.25) is 4.96 Å². The average Bonchev–Trinajstić information content (AvgIpc) is 2.97. The molecule has 3 rings (SSSR count). The van der Waals surface area contributed by atoms with Crippen molar-refractivity contribution >= 4 is 28.2 Å². The molecule has 0 aliphatic rings. The SMILES string of the molecule is Cc1nnc2sc(C(=O)NCc3ccccc3)c(C(=O)O)n2c1=O. The number of carboxylic acids is 1. The van der Waals surface area contributed by atoms with Gasteiger partial charge in [-0.2, -0.15) is 0 Å². The molecule has 2 heterocycles. The summed E-state index contributed by atoms with van der Waals surface area (Å²) in [5, 5.41) is 19.5. The number of rotatable bonds is 4. The second-order valence-corrected chi connectivity index (χ2v) is 5.94. The number of carbonyl (C=O) groups is 2. The maximum absolute atomic E-state index is 12.4. The van der Waals surface area contributed by atoms with Crippen molar-refractivity contribution in [3.05, 3.63) is 62.5 Å². The lowest BCUT2D eigenvalue weighted by Crippen LogP contribution is -2.26. The van der Waals surface area contributed by atoms with Gasteiger partial charge in [-0.15, -0.1) is 10.2 Å². The Morgan fingerprint density at radius 1 is 1.25 bits per heavy atom. The second kappa shape index (κ2) is 6.20. The molecular weight excluding hydrogens is 332 g/mol. The Labute approximate surface area is 139 Å². The smallest absolute Gasteiger partial charge is 0.354 e. The summed E-state index contributed by atoms with van der Waals surface area (Å²) in [4.78, 5) is 36.1. The van der Waals surface area contributed by atoms with Crippen molar-refractivity contribution in [1.82, 2.24) is 19.9 Å². The van der Waals surface area contributed by atoms with Gasteiger partial charge in [-0.1, -0.05) is 41.7 Å². The van der Waals surface area contributed by atoms with Gasteiger partial charge in [0.1, 0.15) is 10.6 Å². The summed E-state index contributed by atoms with van der Waals surface area (Å²) in [6.07, 6.45) is 0. The quantitative estimate of drug-likeness (QED) is 0.732. The Kier molecular flexibility index (Phi) is 4.09. The molecule has 3 aromatic rings. The van der Waals surface area contributed by atoms with Crippen molar-refractivity contribution in [3.63, 3.8) is 0 Å². The number of nitrogens with zero attached hydrogens (tertiary/aromatic N) is 3.